The van der Waals surface area contributed by atoms with Gasteiger partial charge in [0.15, 0.2) is 0 Å². The van der Waals surface area contributed by atoms with Gasteiger partial charge in [0.1, 0.15) is 11.9 Å². The number of rotatable bonds is 3. The number of piperidine rings is 1. The topological polar surface area (TPSA) is 79.0 Å². The van der Waals surface area contributed by atoms with E-state index in [0.29, 0.717) is 31.1 Å². The zero-order valence-corrected chi connectivity index (χ0v) is 15.8. The second-order valence-electron chi connectivity index (χ2n) is 7.33. The number of nitrogens with zero attached hydrogens (tertiary/aromatic N) is 2. The van der Waals surface area contributed by atoms with Crippen molar-refractivity contribution in [1.29, 1.82) is 0 Å². The Morgan fingerprint density at radius 2 is 2.12 bits per heavy atom. The van der Waals surface area contributed by atoms with Crippen LogP contribution in [0.5, 0.6) is 5.75 Å². The average molecular weight is 379 g/mol. The molecule has 0 aromatic heterocycles. The van der Waals surface area contributed by atoms with Crippen molar-refractivity contribution in [2.24, 2.45) is 0 Å². The van der Waals surface area contributed by atoms with E-state index < -0.39 is 10.0 Å². The fraction of sp³-hybridized carbons (Fsp3) is 0.611. The Labute approximate surface area is 154 Å². The summed E-state index contributed by atoms with van der Waals surface area (Å²) in [6.07, 6.45) is 2.44. The summed E-state index contributed by atoms with van der Waals surface area (Å²) in [5.74, 6) is 0.837. The van der Waals surface area contributed by atoms with Crippen LogP contribution in [0.3, 0.4) is 0 Å². The van der Waals surface area contributed by atoms with Gasteiger partial charge in [0.05, 0.1) is 11.4 Å². The van der Waals surface area contributed by atoms with Gasteiger partial charge in [-0.2, -0.15) is 4.31 Å². The molecule has 0 spiro atoms. The van der Waals surface area contributed by atoms with E-state index in [4.69, 9.17) is 4.74 Å². The minimum atomic E-state index is -3.57. The smallest absolute Gasteiger partial charge is 0.243 e. The first-order valence-corrected chi connectivity index (χ1v) is 10.7. The third kappa shape index (κ3) is 3.21. The molecule has 142 valence electrons. The molecule has 0 bridgehead atoms. The molecule has 1 aromatic rings. The van der Waals surface area contributed by atoms with Gasteiger partial charge in [-0.25, -0.2) is 8.42 Å². The van der Waals surface area contributed by atoms with Crippen LogP contribution in [0.25, 0.3) is 0 Å². The molecule has 0 aliphatic carbocycles. The highest BCUT2D eigenvalue weighted by Gasteiger charge is 2.35. The lowest BCUT2D eigenvalue weighted by molar-refractivity contribution is -0.135. The minimum absolute atomic E-state index is 0.0362. The third-order valence-corrected chi connectivity index (χ3v) is 7.29. The number of carbonyl (C=O) groups excluding carboxylic acids is 1. The number of nitrogens with one attached hydrogen (secondary N) is 1. The van der Waals surface area contributed by atoms with Crippen LogP contribution in [0.2, 0.25) is 0 Å². The zero-order chi connectivity index (χ0) is 18.3. The molecule has 8 heteroatoms. The van der Waals surface area contributed by atoms with Gasteiger partial charge in [-0.1, -0.05) is 0 Å². The maximum Gasteiger partial charge on any atom is 0.243 e. The van der Waals surface area contributed by atoms with Crippen LogP contribution >= 0.6 is 0 Å². The molecular formula is C18H25N3O4S. The summed E-state index contributed by atoms with van der Waals surface area (Å²) in [6.45, 7) is 4.60. The largest absolute Gasteiger partial charge is 0.490 e. The Kier molecular flexibility index (Phi) is 4.66. The first-order valence-electron chi connectivity index (χ1n) is 9.25. The SMILES string of the molecule is CC1Cc2cc(S(=O)(=O)N3CCCC(N4CCNCC4=O)C3)ccc2O1. The van der Waals surface area contributed by atoms with Crippen LogP contribution in [0, 0.1) is 0 Å². The van der Waals surface area contributed by atoms with Crippen molar-refractivity contribution in [3.63, 3.8) is 0 Å². The molecule has 0 saturated carbocycles. The highest BCUT2D eigenvalue weighted by Crippen LogP contribution is 2.32. The maximum absolute atomic E-state index is 13.1. The summed E-state index contributed by atoms with van der Waals surface area (Å²) in [5, 5.41) is 3.06. The monoisotopic (exact) mass is 379 g/mol. The lowest BCUT2D eigenvalue weighted by Crippen LogP contribution is -2.57. The molecule has 4 rings (SSSR count). The molecule has 7 nitrogen and oxygen atoms in total. The van der Waals surface area contributed by atoms with Crippen molar-refractivity contribution < 1.29 is 17.9 Å². The number of carbonyl (C=O) groups is 1. The van der Waals surface area contributed by atoms with Crippen molar-refractivity contribution in [2.45, 2.75) is 43.2 Å². The molecule has 3 aliphatic heterocycles. The van der Waals surface area contributed by atoms with Gasteiger partial charge in [-0.15, -0.1) is 0 Å². The van der Waals surface area contributed by atoms with Crippen LogP contribution in [0.15, 0.2) is 23.1 Å². The Bertz CT molecular complexity index is 811. The standard InChI is InChI=1S/C18H25N3O4S/c1-13-9-14-10-16(4-5-17(14)25-13)26(23,24)20-7-2-3-15(12-20)21-8-6-19-11-18(21)22/h4-5,10,13,15,19H,2-3,6-9,11-12H2,1H3. The van der Waals surface area contributed by atoms with Crippen LogP contribution in [0.4, 0.5) is 0 Å². The van der Waals surface area contributed by atoms with Crippen molar-refractivity contribution in [3.05, 3.63) is 23.8 Å². The van der Waals surface area contributed by atoms with Gasteiger partial charge < -0.3 is 15.0 Å². The van der Waals surface area contributed by atoms with E-state index in [2.05, 4.69) is 5.32 Å². The van der Waals surface area contributed by atoms with E-state index >= 15 is 0 Å². The van der Waals surface area contributed by atoms with Gasteiger partial charge in [0.2, 0.25) is 15.9 Å². The van der Waals surface area contributed by atoms with E-state index in [0.717, 1.165) is 37.1 Å². The Morgan fingerprint density at radius 1 is 1.27 bits per heavy atom. The van der Waals surface area contributed by atoms with E-state index in [1.165, 1.54) is 4.31 Å². The summed E-state index contributed by atoms with van der Waals surface area (Å²) in [5.41, 5.74) is 0.949. The summed E-state index contributed by atoms with van der Waals surface area (Å²) < 4.78 is 33.5. The number of amides is 1. The number of piperazine rings is 1. The molecule has 1 N–H and O–H groups in total. The number of benzene rings is 1. The summed E-state index contributed by atoms with van der Waals surface area (Å²) >= 11 is 0. The van der Waals surface area contributed by atoms with Gasteiger partial charge in [-0.05, 0) is 43.5 Å². The van der Waals surface area contributed by atoms with Crippen molar-refractivity contribution in [1.82, 2.24) is 14.5 Å². The van der Waals surface area contributed by atoms with E-state index in [1.54, 1.807) is 18.2 Å². The highest BCUT2D eigenvalue weighted by molar-refractivity contribution is 7.89. The summed E-state index contributed by atoms with van der Waals surface area (Å²) in [4.78, 5) is 14.3. The maximum atomic E-state index is 13.1. The molecule has 2 atom stereocenters. The molecule has 2 unspecified atom stereocenters. The molecule has 2 fully saturated rings. The molecule has 26 heavy (non-hydrogen) atoms. The molecular weight excluding hydrogens is 354 g/mol. The first kappa shape index (κ1) is 17.8. The molecule has 0 radical (unpaired) electrons. The van der Waals surface area contributed by atoms with Crippen molar-refractivity contribution in [2.75, 3.05) is 32.7 Å². The molecule has 3 heterocycles. The second kappa shape index (κ2) is 6.83. The number of hydrogen-bond acceptors (Lipinski definition) is 5. The number of fused-ring (bicyclic) bond motifs is 1. The van der Waals surface area contributed by atoms with Crippen molar-refractivity contribution >= 4 is 15.9 Å². The van der Waals surface area contributed by atoms with Gasteiger partial charge in [0.25, 0.3) is 0 Å². The molecule has 1 aromatic carbocycles. The van der Waals surface area contributed by atoms with Crippen LogP contribution in [0.1, 0.15) is 25.3 Å². The zero-order valence-electron chi connectivity index (χ0n) is 15.0. The van der Waals surface area contributed by atoms with E-state index in [1.807, 2.05) is 11.8 Å². The van der Waals surface area contributed by atoms with E-state index in [-0.39, 0.29) is 18.1 Å². The molecule has 1 amide bonds. The minimum Gasteiger partial charge on any atom is -0.490 e. The quantitative estimate of drug-likeness (QED) is 0.832. The Balaban J connectivity index is 1.54. The fourth-order valence-electron chi connectivity index (χ4n) is 4.11. The Hall–Kier alpha value is -1.64. The summed E-state index contributed by atoms with van der Waals surface area (Å²) in [7, 11) is -3.57. The lowest BCUT2D eigenvalue weighted by atomic mass is 10.1. The third-order valence-electron chi connectivity index (χ3n) is 5.43. The lowest BCUT2D eigenvalue weighted by Gasteiger charge is -2.40. The number of ether oxygens (including phenoxy) is 1. The van der Waals surface area contributed by atoms with Crippen molar-refractivity contribution in [3.8, 4) is 5.75 Å². The fourth-order valence-corrected chi connectivity index (χ4v) is 5.68. The number of hydrogen-bond donors (Lipinski definition) is 1. The predicted molar refractivity (Wildman–Crippen MR) is 96.6 cm³/mol. The summed E-state index contributed by atoms with van der Waals surface area (Å²) in [6, 6.07) is 5.10. The average Bonchev–Trinajstić information content (AvgIpc) is 3.01. The normalized spacial score (nSPS) is 27.3. The highest BCUT2D eigenvalue weighted by atomic mass is 32.2. The molecule has 2 saturated heterocycles. The van der Waals surface area contributed by atoms with Crippen LogP contribution < -0.4 is 10.1 Å². The van der Waals surface area contributed by atoms with Gasteiger partial charge in [0, 0.05) is 38.6 Å². The second-order valence-corrected chi connectivity index (χ2v) is 9.26. The predicted octanol–water partition coefficient (Wildman–Crippen LogP) is 0.595. The van der Waals surface area contributed by atoms with Crippen LogP contribution in [-0.4, -0.2) is 68.4 Å². The Morgan fingerprint density at radius 3 is 2.92 bits per heavy atom. The molecule has 3 aliphatic rings. The number of sulfonamides is 1. The van der Waals surface area contributed by atoms with E-state index in [9.17, 15) is 13.2 Å². The van der Waals surface area contributed by atoms with Gasteiger partial charge in [-0.3, -0.25) is 4.79 Å². The van der Waals surface area contributed by atoms with Gasteiger partial charge >= 0.3 is 0 Å². The first-order chi connectivity index (χ1) is 12.4. The van der Waals surface area contributed by atoms with Crippen LogP contribution in [-0.2, 0) is 21.2 Å².